The number of hydrogen-bond acceptors (Lipinski definition) is 4. The minimum atomic E-state index is 0.617. The van der Waals surface area contributed by atoms with Gasteiger partial charge < -0.3 is 9.47 Å². The molecule has 0 amide bonds. The lowest BCUT2D eigenvalue weighted by molar-refractivity contribution is 0.171. The Morgan fingerprint density at radius 1 is 1.29 bits per heavy atom. The third-order valence-electron chi connectivity index (χ3n) is 2.29. The standard InChI is InChI=1S/C10H14N2O2/c1-7-4-9-10(14-3-2-13-9)5-8(7)6-12-11/h4-5,12H,2-3,6,11H2,1H3. The van der Waals surface area contributed by atoms with Gasteiger partial charge in [-0.2, -0.15) is 0 Å². The molecule has 2 rings (SSSR count). The minimum Gasteiger partial charge on any atom is -0.486 e. The Morgan fingerprint density at radius 2 is 1.93 bits per heavy atom. The molecule has 4 nitrogen and oxygen atoms in total. The lowest BCUT2D eigenvalue weighted by Gasteiger charge is -2.20. The first-order chi connectivity index (χ1) is 6.81. The van der Waals surface area contributed by atoms with Gasteiger partial charge in [-0.3, -0.25) is 11.3 Å². The zero-order chi connectivity index (χ0) is 9.97. The van der Waals surface area contributed by atoms with Crippen molar-refractivity contribution in [3.63, 3.8) is 0 Å². The highest BCUT2D eigenvalue weighted by Gasteiger charge is 2.13. The molecule has 0 aliphatic carbocycles. The molecule has 0 bridgehead atoms. The highest BCUT2D eigenvalue weighted by molar-refractivity contribution is 5.47. The van der Waals surface area contributed by atoms with E-state index in [1.165, 1.54) is 0 Å². The summed E-state index contributed by atoms with van der Waals surface area (Å²) >= 11 is 0. The van der Waals surface area contributed by atoms with E-state index in [0.29, 0.717) is 19.8 Å². The number of benzene rings is 1. The summed E-state index contributed by atoms with van der Waals surface area (Å²) in [6, 6.07) is 3.96. The van der Waals surface area contributed by atoms with Crippen LogP contribution in [0.2, 0.25) is 0 Å². The van der Waals surface area contributed by atoms with Gasteiger partial charge >= 0.3 is 0 Å². The van der Waals surface area contributed by atoms with Crippen molar-refractivity contribution in [1.82, 2.24) is 5.43 Å². The van der Waals surface area contributed by atoms with Gasteiger partial charge in [-0.25, -0.2) is 0 Å². The number of ether oxygens (including phenoxy) is 2. The van der Waals surface area contributed by atoms with Crippen LogP contribution in [0.1, 0.15) is 11.1 Å². The monoisotopic (exact) mass is 194 g/mol. The quantitative estimate of drug-likeness (QED) is 0.538. The molecule has 0 unspecified atom stereocenters. The molecular formula is C10H14N2O2. The second-order valence-corrected chi connectivity index (χ2v) is 3.30. The van der Waals surface area contributed by atoms with E-state index in [2.05, 4.69) is 5.43 Å². The summed E-state index contributed by atoms with van der Waals surface area (Å²) in [6.45, 7) is 3.92. The molecule has 0 aromatic heterocycles. The molecule has 1 heterocycles. The number of nitrogens with one attached hydrogen (secondary N) is 1. The predicted molar refractivity (Wildman–Crippen MR) is 53.2 cm³/mol. The van der Waals surface area contributed by atoms with Crippen molar-refractivity contribution in [2.45, 2.75) is 13.5 Å². The summed E-state index contributed by atoms with van der Waals surface area (Å²) in [7, 11) is 0. The van der Waals surface area contributed by atoms with Gasteiger partial charge in [0.05, 0.1) is 0 Å². The van der Waals surface area contributed by atoms with Crippen molar-refractivity contribution in [1.29, 1.82) is 0 Å². The Morgan fingerprint density at radius 3 is 2.57 bits per heavy atom. The van der Waals surface area contributed by atoms with Crippen LogP contribution in [0, 0.1) is 6.92 Å². The molecular weight excluding hydrogens is 180 g/mol. The van der Waals surface area contributed by atoms with Crippen LogP contribution >= 0.6 is 0 Å². The fourth-order valence-electron chi connectivity index (χ4n) is 1.53. The largest absolute Gasteiger partial charge is 0.486 e. The Balaban J connectivity index is 2.35. The molecule has 3 N–H and O–H groups in total. The SMILES string of the molecule is Cc1cc2c(cc1CNN)OCCO2. The van der Waals surface area contributed by atoms with Crippen LogP contribution in [-0.4, -0.2) is 13.2 Å². The van der Waals surface area contributed by atoms with E-state index in [1.54, 1.807) is 0 Å². The van der Waals surface area contributed by atoms with E-state index in [1.807, 2.05) is 19.1 Å². The Hall–Kier alpha value is -1.26. The molecule has 0 fully saturated rings. The number of aryl methyl sites for hydroxylation is 1. The first-order valence-corrected chi connectivity index (χ1v) is 4.64. The summed E-state index contributed by atoms with van der Waals surface area (Å²) in [5.74, 6) is 6.92. The molecule has 1 aromatic carbocycles. The van der Waals surface area contributed by atoms with Crippen LogP contribution in [-0.2, 0) is 6.54 Å². The second-order valence-electron chi connectivity index (χ2n) is 3.30. The van der Waals surface area contributed by atoms with Gasteiger partial charge in [-0.1, -0.05) is 0 Å². The first kappa shape index (κ1) is 9.30. The van der Waals surface area contributed by atoms with Gasteiger partial charge in [-0.05, 0) is 30.2 Å². The van der Waals surface area contributed by atoms with Crippen LogP contribution < -0.4 is 20.7 Å². The van der Waals surface area contributed by atoms with Gasteiger partial charge in [-0.15, -0.1) is 0 Å². The lowest BCUT2D eigenvalue weighted by Crippen LogP contribution is -2.22. The highest BCUT2D eigenvalue weighted by Crippen LogP contribution is 2.32. The van der Waals surface area contributed by atoms with E-state index in [9.17, 15) is 0 Å². The average Bonchev–Trinajstić information content (AvgIpc) is 2.19. The van der Waals surface area contributed by atoms with E-state index in [4.69, 9.17) is 15.3 Å². The minimum absolute atomic E-state index is 0.617. The van der Waals surface area contributed by atoms with E-state index < -0.39 is 0 Å². The molecule has 76 valence electrons. The summed E-state index contributed by atoms with van der Waals surface area (Å²) in [5.41, 5.74) is 4.93. The molecule has 14 heavy (non-hydrogen) atoms. The highest BCUT2D eigenvalue weighted by atomic mass is 16.6. The molecule has 0 atom stereocenters. The van der Waals surface area contributed by atoms with E-state index in [0.717, 1.165) is 22.6 Å². The van der Waals surface area contributed by atoms with Crippen molar-refractivity contribution in [3.05, 3.63) is 23.3 Å². The lowest BCUT2D eigenvalue weighted by atomic mass is 10.1. The maximum Gasteiger partial charge on any atom is 0.161 e. The molecule has 0 saturated carbocycles. The van der Waals surface area contributed by atoms with Crippen molar-refractivity contribution < 1.29 is 9.47 Å². The fourth-order valence-corrected chi connectivity index (χ4v) is 1.53. The number of hydrazine groups is 1. The maximum absolute atomic E-state index is 5.47. The van der Waals surface area contributed by atoms with Crippen LogP contribution in [0.15, 0.2) is 12.1 Å². The molecule has 1 aliphatic rings. The summed E-state index contributed by atoms with van der Waals surface area (Å²) < 4.78 is 10.9. The van der Waals surface area contributed by atoms with E-state index >= 15 is 0 Å². The molecule has 0 spiro atoms. The van der Waals surface area contributed by atoms with Crippen molar-refractivity contribution in [2.75, 3.05) is 13.2 Å². The van der Waals surface area contributed by atoms with Crippen molar-refractivity contribution >= 4 is 0 Å². The van der Waals surface area contributed by atoms with Crippen LogP contribution in [0.3, 0.4) is 0 Å². The summed E-state index contributed by atoms with van der Waals surface area (Å²) in [6.07, 6.45) is 0. The Bertz CT molecular complexity index is 339. The molecule has 1 aliphatic heterocycles. The maximum atomic E-state index is 5.47. The first-order valence-electron chi connectivity index (χ1n) is 4.64. The Kier molecular flexibility index (Phi) is 2.56. The van der Waals surface area contributed by atoms with Crippen molar-refractivity contribution in [2.24, 2.45) is 5.84 Å². The summed E-state index contributed by atoms with van der Waals surface area (Å²) in [4.78, 5) is 0. The third kappa shape index (κ3) is 1.66. The second kappa shape index (κ2) is 3.86. The zero-order valence-corrected chi connectivity index (χ0v) is 8.17. The number of hydrogen-bond donors (Lipinski definition) is 2. The normalized spacial score (nSPS) is 14.1. The van der Waals surface area contributed by atoms with Crippen LogP contribution in [0.25, 0.3) is 0 Å². The number of fused-ring (bicyclic) bond motifs is 1. The number of rotatable bonds is 2. The topological polar surface area (TPSA) is 56.5 Å². The molecule has 4 heteroatoms. The van der Waals surface area contributed by atoms with Gasteiger partial charge in [0.15, 0.2) is 11.5 Å². The van der Waals surface area contributed by atoms with Crippen molar-refractivity contribution in [3.8, 4) is 11.5 Å². The molecule has 0 saturated heterocycles. The fraction of sp³-hybridized carbons (Fsp3) is 0.400. The summed E-state index contributed by atoms with van der Waals surface area (Å²) in [5, 5.41) is 0. The smallest absolute Gasteiger partial charge is 0.161 e. The molecule has 1 aromatic rings. The van der Waals surface area contributed by atoms with Gasteiger partial charge in [0.1, 0.15) is 13.2 Å². The number of nitrogens with two attached hydrogens (primary N) is 1. The van der Waals surface area contributed by atoms with Gasteiger partial charge in [0.25, 0.3) is 0 Å². The van der Waals surface area contributed by atoms with Crippen LogP contribution in [0.4, 0.5) is 0 Å². The van der Waals surface area contributed by atoms with Gasteiger partial charge in [0, 0.05) is 6.54 Å². The van der Waals surface area contributed by atoms with Gasteiger partial charge in [0.2, 0.25) is 0 Å². The zero-order valence-electron chi connectivity index (χ0n) is 8.17. The third-order valence-corrected chi connectivity index (χ3v) is 2.29. The average molecular weight is 194 g/mol. The van der Waals surface area contributed by atoms with Crippen LogP contribution in [0.5, 0.6) is 11.5 Å². The Labute approximate surface area is 83.0 Å². The predicted octanol–water partition coefficient (Wildman–Crippen LogP) is 0.730. The molecule has 0 radical (unpaired) electrons. The van der Waals surface area contributed by atoms with E-state index in [-0.39, 0.29) is 0 Å².